The third kappa shape index (κ3) is 1.69. The summed E-state index contributed by atoms with van der Waals surface area (Å²) in [6.07, 6.45) is 9.25. The average molecular weight is 306 g/mol. The second kappa shape index (κ2) is 4.30. The van der Waals surface area contributed by atoms with Crippen molar-refractivity contribution in [3.63, 3.8) is 0 Å². The molecule has 4 aliphatic carbocycles. The normalized spacial score (nSPS) is 59.7. The molecule has 4 rings (SSSR count). The fourth-order valence-electron chi connectivity index (χ4n) is 8.05. The van der Waals surface area contributed by atoms with Crippen molar-refractivity contribution in [2.45, 2.75) is 90.8 Å². The molecular weight excluding hydrogens is 272 g/mol. The van der Waals surface area contributed by atoms with Gasteiger partial charge in [-0.05, 0) is 80.0 Å². The van der Waals surface area contributed by atoms with E-state index in [0.717, 1.165) is 25.2 Å². The summed E-state index contributed by atoms with van der Waals surface area (Å²) >= 11 is 0. The topological polar surface area (TPSA) is 40.5 Å². The third-order valence-electron chi connectivity index (χ3n) is 9.03. The summed E-state index contributed by atoms with van der Waals surface area (Å²) in [6, 6.07) is 0. The van der Waals surface area contributed by atoms with Gasteiger partial charge in [0.25, 0.3) is 0 Å². The minimum atomic E-state index is -0.655. The Hall–Kier alpha value is -0.0800. The fraction of sp³-hybridized carbons (Fsp3) is 1.00. The molecule has 0 aromatic carbocycles. The third-order valence-corrected chi connectivity index (χ3v) is 9.03. The molecule has 2 nitrogen and oxygen atoms in total. The Labute approximate surface area is 135 Å². The van der Waals surface area contributed by atoms with E-state index >= 15 is 0 Å². The van der Waals surface area contributed by atoms with Crippen molar-refractivity contribution in [2.24, 2.45) is 34.0 Å². The zero-order valence-corrected chi connectivity index (χ0v) is 14.9. The lowest BCUT2D eigenvalue weighted by Crippen LogP contribution is -2.60. The van der Waals surface area contributed by atoms with Crippen molar-refractivity contribution >= 4 is 0 Å². The molecule has 0 heterocycles. The van der Waals surface area contributed by atoms with Gasteiger partial charge in [0.05, 0.1) is 11.7 Å². The van der Waals surface area contributed by atoms with Gasteiger partial charge in [0.15, 0.2) is 0 Å². The fourth-order valence-corrected chi connectivity index (χ4v) is 8.05. The molecule has 0 aromatic rings. The maximum Gasteiger partial charge on any atom is 0.0675 e. The predicted octanol–water partition coefficient (Wildman–Crippen LogP) is 4.14. The highest BCUT2D eigenvalue weighted by Crippen LogP contribution is 2.74. The molecule has 4 fully saturated rings. The molecule has 1 spiro atoms. The standard InChI is InChI=1S/C20H34O2/c1-17(2)8-5-9-18(3)16(17)7-6-13-10-19(4,22)14-11-20(13,18)12-15(14)21/h13-16,21-22H,5-12H2,1-4H3/t13-,14+,15+,16+,18+,19+,20+/m0/s1. The van der Waals surface area contributed by atoms with Gasteiger partial charge in [0.2, 0.25) is 0 Å². The largest absolute Gasteiger partial charge is 0.393 e. The van der Waals surface area contributed by atoms with Crippen LogP contribution in [0, 0.1) is 34.0 Å². The van der Waals surface area contributed by atoms with Crippen LogP contribution in [0.4, 0.5) is 0 Å². The zero-order chi connectivity index (χ0) is 16.0. The molecular formula is C20H34O2. The van der Waals surface area contributed by atoms with Crippen LogP contribution in [-0.4, -0.2) is 21.9 Å². The van der Waals surface area contributed by atoms with Crippen LogP contribution in [0.2, 0.25) is 0 Å². The summed E-state index contributed by atoms with van der Waals surface area (Å²) in [4.78, 5) is 0. The van der Waals surface area contributed by atoms with Crippen LogP contribution in [0.25, 0.3) is 0 Å². The lowest BCUT2D eigenvalue weighted by atomic mass is 9.38. The second-order valence-electron chi connectivity index (χ2n) is 10.4. The van der Waals surface area contributed by atoms with Crippen molar-refractivity contribution in [2.75, 3.05) is 0 Å². The summed E-state index contributed by atoms with van der Waals surface area (Å²) in [6.45, 7) is 9.50. The number of aliphatic hydroxyl groups excluding tert-OH is 1. The highest BCUT2D eigenvalue weighted by Gasteiger charge is 2.70. The van der Waals surface area contributed by atoms with Gasteiger partial charge in [-0.15, -0.1) is 0 Å². The SMILES string of the molecule is CC1(C)CCC[C@]2(C)[C@@H]1CC[C@H]1C[C@@](C)(O)[C@@H]3C[C@@]12C[C@H]3O. The van der Waals surface area contributed by atoms with E-state index in [1.807, 2.05) is 6.92 Å². The average Bonchev–Trinajstić information content (AvgIpc) is 2.70. The molecule has 0 unspecified atom stereocenters. The van der Waals surface area contributed by atoms with E-state index in [1.54, 1.807) is 0 Å². The molecule has 0 radical (unpaired) electrons. The molecule has 7 atom stereocenters. The molecule has 2 N–H and O–H groups in total. The summed E-state index contributed by atoms with van der Waals surface area (Å²) in [5, 5.41) is 21.6. The first-order valence-corrected chi connectivity index (χ1v) is 9.53. The Morgan fingerprint density at radius 3 is 2.36 bits per heavy atom. The molecule has 4 saturated carbocycles. The molecule has 2 heteroatoms. The minimum absolute atomic E-state index is 0.101. The van der Waals surface area contributed by atoms with Crippen LogP contribution in [0.3, 0.4) is 0 Å². The first-order valence-electron chi connectivity index (χ1n) is 9.53. The Balaban J connectivity index is 1.80. The van der Waals surface area contributed by atoms with Crippen LogP contribution in [0.5, 0.6) is 0 Å². The zero-order valence-electron chi connectivity index (χ0n) is 14.9. The maximum absolute atomic E-state index is 10.9. The van der Waals surface area contributed by atoms with Crippen LogP contribution in [0.15, 0.2) is 0 Å². The van der Waals surface area contributed by atoms with E-state index in [1.165, 1.54) is 32.1 Å². The molecule has 0 amide bonds. The van der Waals surface area contributed by atoms with Crippen molar-refractivity contribution < 1.29 is 10.2 Å². The molecule has 0 aromatic heterocycles. The second-order valence-corrected chi connectivity index (χ2v) is 10.4. The lowest BCUT2D eigenvalue weighted by molar-refractivity contribution is -0.193. The first kappa shape index (κ1) is 15.4. The van der Waals surface area contributed by atoms with E-state index in [4.69, 9.17) is 0 Å². The predicted molar refractivity (Wildman–Crippen MR) is 88.4 cm³/mol. The van der Waals surface area contributed by atoms with Crippen molar-refractivity contribution in [3.05, 3.63) is 0 Å². The number of hydrogen-bond donors (Lipinski definition) is 2. The minimum Gasteiger partial charge on any atom is -0.393 e. The Morgan fingerprint density at radius 1 is 0.909 bits per heavy atom. The van der Waals surface area contributed by atoms with Gasteiger partial charge in [-0.3, -0.25) is 0 Å². The summed E-state index contributed by atoms with van der Waals surface area (Å²) in [5.74, 6) is 1.51. The molecule has 4 aliphatic rings. The van der Waals surface area contributed by atoms with Gasteiger partial charge in [0.1, 0.15) is 0 Å². The van der Waals surface area contributed by atoms with Crippen LogP contribution >= 0.6 is 0 Å². The smallest absolute Gasteiger partial charge is 0.0675 e. The van der Waals surface area contributed by atoms with Crippen LogP contribution < -0.4 is 0 Å². The van der Waals surface area contributed by atoms with Crippen molar-refractivity contribution in [3.8, 4) is 0 Å². The van der Waals surface area contributed by atoms with Gasteiger partial charge in [-0.1, -0.05) is 27.2 Å². The molecule has 22 heavy (non-hydrogen) atoms. The first-order chi connectivity index (χ1) is 10.1. The van der Waals surface area contributed by atoms with Gasteiger partial charge in [0, 0.05) is 5.92 Å². The van der Waals surface area contributed by atoms with E-state index in [2.05, 4.69) is 20.8 Å². The highest BCUT2D eigenvalue weighted by molar-refractivity contribution is 5.19. The number of rotatable bonds is 0. The molecule has 2 bridgehead atoms. The van der Waals surface area contributed by atoms with Gasteiger partial charge < -0.3 is 10.2 Å². The van der Waals surface area contributed by atoms with Gasteiger partial charge in [-0.25, -0.2) is 0 Å². The van der Waals surface area contributed by atoms with E-state index in [9.17, 15) is 10.2 Å². The number of fused-ring (bicyclic) bond motifs is 2. The van der Waals surface area contributed by atoms with Gasteiger partial charge >= 0.3 is 0 Å². The number of aliphatic hydroxyl groups is 2. The van der Waals surface area contributed by atoms with E-state index < -0.39 is 5.60 Å². The highest BCUT2D eigenvalue weighted by atomic mass is 16.3. The Morgan fingerprint density at radius 2 is 1.64 bits per heavy atom. The van der Waals surface area contributed by atoms with E-state index in [0.29, 0.717) is 22.2 Å². The maximum atomic E-state index is 10.9. The molecule has 126 valence electrons. The van der Waals surface area contributed by atoms with E-state index in [-0.39, 0.29) is 12.0 Å². The van der Waals surface area contributed by atoms with Crippen molar-refractivity contribution in [1.29, 1.82) is 0 Å². The molecule has 0 saturated heterocycles. The van der Waals surface area contributed by atoms with Crippen LogP contribution in [-0.2, 0) is 0 Å². The summed E-state index contributed by atoms with van der Waals surface area (Å²) in [7, 11) is 0. The lowest BCUT2D eigenvalue weighted by Gasteiger charge is -2.66. The Kier molecular flexibility index (Phi) is 3.02. The Bertz CT molecular complexity index is 482. The molecule has 0 aliphatic heterocycles. The van der Waals surface area contributed by atoms with Crippen molar-refractivity contribution in [1.82, 2.24) is 0 Å². The van der Waals surface area contributed by atoms with Gasteiger partial charge in [-0.2, -0.15) is 0 Å². The van der Waals surface area contributed by atoms with Crippen LogP contribution in [0.1, 0.15) is 79.1 Å². The monoisotopic (exact) mass is 306 g/mol. The number of hydrogen-bond acceptors (Lipinski definition) is 2. The quantitative estimate of drug-likeness (QED) is 0.706. The summed E-state index contributed by atoms with van der Waals surface area (Å²) < 4.78 is 0. The summed E-state index contributed by atoms with van der Waals surface area (Å²) in [5.41, 5.74) is 0.441.